The van der Waals surface area contributed by atoms with Crippen LogP contribution in [-0.4, -0.2) is 61.0 Å². The molecule has 2 aromatic carbocycles. The summed E-state index contributed by atoms with van der Waals surface area (Å²) in [5, 5.41) is 22.0. The van der Waals surface area contributed by atoms with Crippen molar-refractivity contribution in [3.8, 4) is 0 Å². The molecule has 0 atom stereocenters. The number of allylic oxidation sites excluding steroid dienone is 2. The summed E-state index contributed by atoms with van der Waals surface area (Å²) in [5.41, 5.74) is -0.125. The van der Waals surface area contributed by atoms with Crippen LogP contribution in [0.1, 0.15) is 299 Å². The molecule has 0 aliphatic heterocycles. The first-order valence-corrected chi connectivity index (χ1v) is 28.9. The van der Waals surface area contributed by atoms with Gasteiger partial charge in [-0.05, 0) is 50.7 Å². The second kappa shape index (κ2) is 59.5. The molecule has 8 nitrogen and oxygen atoms in total. The number of hydrogen-bond donors (Lipinski definition) is 0. The minimum Gasteiger partial charge on any atom is -0.545 e. The number of rotatable bonds is 44. The van der Waals surface area contributed by atoms with E-state index in [1.54, 1.807) is 24.3 Å². The van der Waals surface area contributed by atoms with Crippen LogP contribution in [0.3, 0.4) is 0 Å². The molecule has 0 unspecified atom stereocenters. The summed E-state index contributed by atoms with van der Waals surface area (Å²) in [7, 11) is 0. The number of carboxylic acid groups (broad SMARTS) is 2. The number of unbranched alkanes of at least 4 members (excludes halogenated alkanes) is 34. The van der Waals surface area contributed by atoms with Crippen molar-refractivity contribution in [2.45, 2.75) is 258 Å². The number of carbonyl (C=O) groups is 4. The van der Waals surface area contributed by atoms with Crippen LogP contribution in [0.5, 0.6) is 0 Å². The van der Waals surface area contributed by atoms with E-state index in [4.69, 9.17) is 9.47 Å². The molecule has 0 fully saturated rings. The number of hydrogen-bond acceptors (Lipinski definition) is 8. The van der Waals surface area contributed by atoms with Crippen LogP contribution in [0.15, 0.2) is 73.8 Å². The van der Waals surface area contributed by atoms with Gasteiger partial charge in [-0.2, -0.15) is 0 Å². The van der Waals surface area contributed by atoms with Crippen molar-refractivity contribution in [3.05, 3.63) is 110 Å². The van der Waals surface area contributed by atoms with Gasteiger partial charge in [-0.3, -0.25) is 0 Å². The minimum absolute atomic E-state index is 0. The zero-order chi connectivity index (χ0) is 53.4. The molecule has 0 amide bonds. The van der Waals surface area contributed by atoms with E-state index in [9.17, 15) is 29.4 Å². The number of carboxylic acids is 2. The van der Waals surface area contributed by atoms with Gasteiger partial charge < -0.3 is 29.3 Å². The Morgan fingerprint density at radius 3 is 0.863 bits per heavy atom. The third kappa shape index (κ3) is 49.3. The average Bonchev–Trinajstić information content (AvgIpc) is 3.39. The first kappa shape index (κ1) is 73.8. The predicted octanol–water partition coefficient (Wildman–Crippen LogP) is 16.9. The third-order valence-electron chi connectivity index (χ3n) is 12.5. The van der Waals surface area contributed by atoms with Crippen molar-refractivity contribution < 1.29 is 38.9 Å². The van der Waals surface area contributed by atoms with Crippen LogP contribution < -0.4 is 10.2 Å². The molecule has 0 saturated heterocycles. The van der Waals surface area contributed by atoms with Crippen molar-refractivity contribution in [2.24, 2.45) is 0 Å². The Hall–Kier alpha value is -3.40. The molecular formula is C64H104O8Sn. The topological polar surface area (TPSA) is 133 Å². The summed E-state index contributed by atoms with van der Waals surface area (Å²) in [6.07, 6.45) is 51.8. The average molecular weight is 1120 g/mol. The van der Waals surface area contributed by atoms with Crippen molar-refractivity contribution >= 4 is 47.8 Å². The van der Waals surface area contributed by atoms with Crippen molar-refractivity contribution in [3.63, 3.8) is 0 Å². The summed E-state index contributed by atoms with van der Waals surface area (Å²) < 4.78 is 10.4. The Balaban J connectivity index is -0.00000102. The van der Waals surface area contributed by atoms with Gasteiger partial charge in [0.05, 0.1) is 36.3 Å². The normalized spacial score (nSPS) is 10.2. The van der Waals surface area contributed by atoms with E-state index in [-0.39, 0.29) is 46.2 Å². The SMILES string of the molecule is C=CCCCCCCCCCCCCCCOC(=O)c1ccccc1C(=O)[O-].C=CCCCCCCCCCCCCCCOC(=O)c1ccccc1C(=O)[O-].[CH2]CCCCCCC.[CH2]CCCCCCC.[Sn+2]. The van der Waals surface area contributed by atoms with E-state index in [1.165, 1.54) is 204 Å². The molecule has 0 aliphatic rings. The van der Waals surface area contributed by atoms with Gasteiger partial charge in [0.2, 0.25) is 0 Å². The van der Waals surface area contributed by atoms with Crippen LogP contribution in [0.4, 0.5) is 0 Å². The Kier molecular flexibility index (Phi) is 60.2. The molecule has 0 heterocycles. The summed E-state index contributed by atoms with van der Waals surface area (Å²) >= 11 is 0. The van der Waals surface area contributed by atoms with Crippen LogP contribution in [0.2, 0.25) is 0 Å². The second-order valence-corrected chi connectivity index (χ2v) is 19.1. The monoisotopic (exact) mass is 1120 g/mol. The van der Waals surface area contributed by atoms with Crippen molar-refractivity contribution in [1.29, 1.82) is 0 Å². The van der Waals surface area contributed by atoms with Gasteiger partial charge >= 0.3 is 35.8 Å². The van der Waals surface area contributed by atoms with E-state index in [0.29, 0.717) is 13.2 Å². The number of benzene rings is 2. The maximum atomic E-state index is 12.0. The van der Waals surface area contributed by atoms with Crippen LogP contribution >= 0.6 is 0 Å². The third-order valence-corrected chi connectivity index (χ3v) is 12.5. The molecule has 4 radical (unpaired) electrons. The van der Waals surface area contributed by atoms with E-state index in [1.807, 2.05) is 12.2 Å². The fourth-order valence-electron chi connectivity index (χ4n) is 8.04. The van der Waals surface area contributed by atoms with Crippen molar-refractivity contribution in [2.75, 3.05) is 13.2 Å². The molecule has 0 aliphatic carbocycles. The van der Waals surface area contributed by atoms with Crippen LogP contribution in [0.25, 0.3) is 0 Å². The van der Waals surface area contributed by atoms with Gasteiger partial charge in [0.25, 0.3) is 0 Å². The molecule has 2 aromatic rings. The standard InChI is InChI=1S/2C24H36O4.2C8H17.Sn/c2*1-2-3-4-5-6-7-8-9-10-11-12-13-14-17-20-28-24(27)22-19-16-15-18-21(22)23(25)26;2*1-3-5-7-8-6-4-2;/h2*2,15-16,18-19H,1,3-14,17,20H2,(H,25,26);2*1,3-8H2,2H3;/q;;;;+2/p-2. The fourth-order valence-corrected chi connectivity index (χ4v) is 8.04. The molecule has 73 heavy (non-hydrogen) atoms. The molecule has 0 bridgehead atoms. The number of ether oxygens (including phenoxy) is 2. The smallest absolute Gasteiger partial charge is 0.545 e. The molecule has 0 aromatic heterocycles. The quantitative estimate of drug-likeness (QED) is 0.0277. The molecule has 9 heteroatoms. The zero-order valence-electron chi connectivity index (χ0n) is 46.7. The molecule has 0 N–H and O–H groups in total. The number of esters is 2. The number of carbonyl (C=O) groups excluding carboxylic acids is 4. The van der Waals surface area contributed by atoms with Gasteiger partial charge in [0, 0.05) is 11.1 Å². The fraction of sp³-hybridized carbons (Fsp3) is 0.656. The van der Waals surface area contributed by atoms with Gasteiger partial charge in [-0.25, -0.2) is 9.59 Å². The largest absolute Gasteiger partial charge is 2.00 e. The molecule has 412 valence electrons. The predicted molar refractivity (Wildman–Crippen MR) is 306 cm³/mol. The second-order valence-electron chi connectivity index (χ2n) is 19.1. The maximum absolute atomic E-state index is 12.0. The van der Waals surface area contributed by atoms with Crippen molar-refractivity contribution in [1.82, 2.24) is 0 Å². The summed E-state index contributed by atoms with van der Waals surface area (Å²) in [4.78, 5) is 46.0. The Bertz CT molecular complexity index is 1450. The molecule has 0 saturated carbocycles. The van der Waals surface area contributed by atoms with Crippen LogP contribution in [0, 0.1) is 13.8 Å². The maximum Gasteiger partial charge on any atom is 2.00 e. The first-order chi connectivity index (χ1) is 35.2. The number of aromatic carboxylic acids is 2. The van der Waals surface area contributed by atoms with E-state index in [2.05, 4.69) is 40.9 Å². The zero-order valence-corrected chi connectivity index (χ0v) is 49.5. The van der Waals surface area contributed by atoms with E-state index < -0.39 is 23.9 Å². The Morgan fingerprint density at radius 2 is 0.616 bits per heavy atom. The van der Waals surface area contributed by atoms with Gasteiger partial charge in [0.15, 0.2) is 0 Å². The molecule has 2 rings (SSSR count). The molecule has 0 spiro atoms. The van der Waals surface area contributed by atoms with Gasteiger partial charge in [-0.15, -0.1) is 13.2 Å². The van der Waals surface area contributed by atoms with Gasteiger partial charge in [-0.1, -0.05) is 282 Å². The first-order valence-electron chi connectivity index (χ1n) is 28.9. The minimum atomic E-state index is -1.36. The van der Waals surface area contributed by atoms with Crippen LogP contribution in [-0.2, 0) is 9.47 Å². The summed E-state index contributed by atoms with van der Waals surface area (Å²) in [5.74, 6) is -3.91. The Labute approximate surface area is 465 Å². The summed E-state index contributed by atoms with van der Waals surface area (Å²) in [6.45, 7) is 20.2. The van der Waals surface area contributed by atoms with E-state index >= 15 is 0 Å². The molecular weight excluding hydrogens is 1020 g/mol. The Morgan fingerprint density at radius 1 is 0.384 bits per heavy atom. The van der Waals surface area contributed by atoms with Gasteiger partial charge in [0.1, 0.15) is 0 Å². The van der Waals surface area contributed by atoms with E-state index in [0.717, 1.165) is 64.2 Å². The summed E-state index contributed by atoms with van der Waals surface area (Å²) in [6, 6.07) is 12.0.